The summed E-state index contributed by atoms with van der Waals surface area (Å²) < 4.78 is 14.7. The highest BCUT2D eigenvalue weighted by molar-refractivity contribution is 5.67. The van der Waals surface area contributed by atoms with Crippen molar-refractivity contribution in [2.75, 3.05) is 5.32 Å². The van der Waals surface area contributed by atoms with Crippen molar-refractivity contribution in [2.45, 2.75) is 13.3 Å². The number of nitrogens with zero attached hydrogens (tertiary/aromatic N) is 3. The molecule has 2 rings (SSSR count). The molecule has 0 saturated carbocycles. The van der Waals surface area contributed by atoms with Crippen LogP contribution in [0.3, 0.4) is 0 Å². The minimum atomic E-state index is -0.418. The van der Waals surface area contributed by atoms with Gasteiger partial charge in [-0.2, -0.15) is 10.4 Å². The maximum Gasteiger partial charge on any atom is 0.124 e. The summed E-state index contributed by atoms with van der Waals surface area (Å²) in [5, 5.41) is 16.4. The van der Waals surface area contributed by atoms with E-state index in [0.29, 0.717) is 5.69 Å². The van der Waals surface area contributed by atoms with Gasteiger partial charge in [-0.05, 0) is 24.6 Å². The number of nitrogens with one attached hydrogen (secondary N) is 1. The Morgan fingerprint density at radius 1 is 1.44 bits per heavy atom. The van der Waals surface area contributed by atoms with Crippen molar-refractivity contribution >= 4 is 11.4 Å². The van der Waals surface area contributed by atoms with Gasteiger partial charge in [-0.25, -0.2) is 4.39 Å². The summed E-state index contributed by atoms with van der Waals surface area (Å²) >= 11 is 0. The SMILES string of the molecule is CCc1nn(C)cc1Nc1ccc(F)cc1C#N. The van der Waals surface area contributed by atoms with E-state index in [9.17, 15) is 4.39 Å². The molecule has 0 amide bonds. The minimum Gasteiger partial charge on any atom is -0.352 e. The van der Waals surface area contributed by atoms with E-state index >= 15 is 0 Å². The molecule has 0 atom stereocenters. The fourth-order valence-electron chi connectivity index (χ4n) is 1.76. The second kappa shape index (κ2) is 4.88. The third-order valence-corrected chi connectivity index (χ3v) is 2.61. The van der Waals surface area contributed by atoms with Gasteiger partial charge >= 0.3 is 0 Å². The predicted molar refractivity (Wildman–Crippen MR) is 67.0 cm³/mol. The highest BCUT2D eigenvalue weighted by Crippen LogP contribution is 2.23. The van der Waals surface area contributed by atoms with Crippen LogP contribution in [0.4, 0.5) is 15.8 Å². The lowest BCUT2D eigenvalue weighted by atomic mass is 10.2. The second-order valence-corrected chi connectivity index (χ2v) is 3.94. The van der Waals surface area contributed by atoms with E-state index in [1.807, 2.05) is 26.2 Å². The van der Waals surface area contributed by atoms with Crippen LogP contribution in [0.2, 0.25) is 0 Å². The molecule has 0 fully saturated rings. The summed E-state index contributed by atoms with van der Waals surface area (Å²) in [5.41, 5.74) is 2.61. The third-order valence-electron chi connectivity index (χ3n) is 2.61. The number of hydrogen-bond donors (Lipinski definition) is 1. The van der Waals surface area contributed by atoms with Gasteiger partial charge in [-0.1, -0.05) is 6.92 Å². The molecule has 4 nitrogen and oxygen atoms in total. The Balaban J connectivity index is 2.37. The van der Waals surface area contributed by atoms with Crippen LogP contribution in [0.1, 0.15) is 18.2 Å². The number of benzene rings is 1. The molecule has 18 heavy (non-hydrogen) atoms. The number of aryl methyl sites for hydroxylation is 2. The monoisotopic (exact) mass is 244 g/mol. The van der Waals surface area contributed by atoms with Gasteiger partial charge < -0.3 is 5.32 Å². The smallest absolute Gasteiger partial charge is 0.124 e. The Hall–Kier alpha value is -2.35. The van der Waals surface area contributed by atoms with Crippen LogP contribution >= 0.6 is 0 Å². The predicted octanol–water partition coefficient (Wildman–Crippen LogP) is 2.74. The van der Waals surface area contributed by atoms with Gasteiger partial charge in [0.25, 0.3) is 0 Å². The second-order valence-electron chi connectivity index (χ2n) is 3.94. The van der Waals surface area contributed by atoms with Crippen LogP contribution in [-0.4, -0.2) is 9.78 Å². The normalized spacial score (nSPS) is 10.1. The molecule has 1 aromatic carbocycles. The first-order chi connectivity index (χ1) is 8.63. The molecule has 0 spiro atoms. The van der Waals surface area contributed by atoms with E-state index < -0.39 is 5.82 Å². The Morgan fingerprint density at radius 2 is 2.22 bits per heavy atom. The maximum absolute atomic E-state index is 13.0. The molecule has 2 aromatic rings. The number of nitriles is 1. The molecule has 0 aliphatic heterocycles. The largest absolute Gasteiger partial charge is 0.352 e. The third kappa shape index (κ3) is 2.33. The van der Waals surface area contributed by atoms with Gasteiger partial charge in [0, 0.05) is 13.2 Å². The first-order valence-corrected chi connectivity index (χ1v) is 5.63. The molecule has 1 N–H and O–H groups in total. The van der Waals surface area contributed by atoms with Crippen LogP contribution < -0.4 is 5.32 Å². The van der Waals surface area contributed by atoms with Gasteiger partial charge in [0.15, 0.2) is 0 Å². The summed E-state index contributed by atoms with van der Waals surface area (Å²) in [6.07, 6.45) is 2.62. The van der Waals surface area contributed by atoms with Gasteiger partial charge in [-0.15, -0.1) is 0 Å². The highest BCUT2D eigenvalue weighted by atomic mass is 19.1. The van der Waals surface area contributed by atoms with Gasteiger partial charge in [0.05, 0.1) is 22.6 Å². The van der Waals surface area contributed by atoms with E-state index in [4.69, 9.17) is 5.26 Å². The van der Waals surface area contributed by atoms with Crippen molar-refractivity contribution < 1.29 is 4.39 Å². The quantitative estimate of drug-likeness (QED) is 0.903. The Kier molecular flexibility index (Phi) is 3.28. The number of halogens is 1. The fraction of sp³-hybridized carbons (Fsp3) is 0.231. The molecule has 0 aliphatic carbocycles. The summed E-state index contributed by atoms with van der Waals surface area (Å²) in [4.78, 5) is 0. The molecular formula is C13H13FN4. The maximum atomic E-state index is 13.0. The van der Waals surface area contributed by atoms with Crippen molar-refractivity contribution in [3.05, 3.63) is 41.5 Å². The van der Waals surface area contributed by atoms with E-state index in [1.165, 1.54) is 12.1 Å². The number of aromatic nitrogens is 2. The molecule has 0 radical (unpaired) electrons. The summed E-state index contributed by atoms with van der Waals surface area (Å²) in [6.45, 7) is 2.00. The standard InChI is InChI=1S/C13H13FN4/c1-3-11-13(8-18(2)17-11)16-12-5-4-10(14)6-9(12)7-15/h4-6,8,16H,3H2,1-2H3. The molecule has 0 aliphatic rings. The molecule has 1 heterocycles. The average molecular weight is 244 g/mol. The molecule has 0 bridgehead atoms. The zero-order chi connectivity index (χ0) is 13.1. The molecule has 0 unspecified atom stereocenters. The zero-order valence-corrected chi connectivity index (χ0v) is 10.2. The molecule has 1 aromatic heterocycles. The lowest BCUT2D eigenvalue weighted by Crippen LogP contribution is -1.96. The lowest BCUT2D eigenvalue weighted by molar-refractivity contribution is 0.627. The van der Waals surface area contributed by atoms with Crippen molar-refractivity contribution in [3.63, 3.8) is 0 Å². The lowest BCUT2D eigenvalue weighted by Gasteiger charge is -2.07. The number of anilines is 2. The Morgan fingerprint density at radius 3 is 2.89 bits per heavy atom. The van der Waals surface area contributed by atoms with E-state index in [2.05, 4.69) is 10.4 Å². The summed E-state index contributed by atoms with van der Waals surface area (Å²) in [5.74, 6) is -0.418. The first kappa shape index (κ1) is 12.1. The van der Waals surface area contributed by atoms with Crippen LogP contribution in [0.25, 0.3) is 0 Å². The van der Waals surface area contributed by atoms with Crippen molar-refractivity contribution in [1.29, 1.82) is 5.26 Å². The highest BCUT2D eigenvalue weighted by Gasteiger charge is 2.09. The molecule has 0 saturated heterocycles. The number of rotatable bonds is 3. The van der Waals surface area contributed by atoms with Crippen molar-refractivity contribution in [1.82, 2.24) is 9.78 Å². The first-order valence-electron chi connectivity index (χ1n) is 5.63. The van der Waals surface area contributed by atoms with E-state index in [-0.39, 0.29) is 5.56 Å². The van der Waals surface area contributed by atoms with Crippen LogP contribution in [0, 0.1) is 17.1 Å². The van der Waals surface area contributed by atoms with Crippen LogP contribution in [0.5, 0.6) is 0 Å². The minimum absolute atomic E-state index is 0.279. The number of hydrogen-bond acceptors (Lipinski definition) is 3. The molecule has 92 valence electrons. The summed E-state index contributed by atoms with van der Waals surface area (Å²) in [7, 11) is 1.83. The van der Waals surface area contributed by atoms with Gasteiger partial charge in [0.1, 0.15) is 11.9 Å². The zero-order valence-electron chi connectivity index (χ0n) is 10.2. The van der Waals surface area contributed by atoms with Crippen LogP contribution in [-0.2, 0) is 13.5 Å². The molecule has 5 heteroatoms. The fourth-order valence-corrected chi connectivity index (χ4v) is 1.76. The van der Waals surface area contributed by atoms with E-state index in [0.717, 1.165) is 17.8 Å². The van der Waals surface area contributed by atoms with Crippen LogP contribution in [0.15, 0.2) is 24.4 Å². The molecular weight excluding hydrogens is 231 g/mol. The van der Waals surface area contributed by atoms with E-state index in [1.54, 1.807) is 10.7 Å². The topological polar surface area (TPSA) is 53.6 Å². The average Bonchev–Trinajstić information content (AvgIpc) is 2.71. The Labute approximate surface area is 105 Å². The van der Waals surface area contributed by atoms with Crippen molar-refractivity contribution in [3.8, 4) is 6.07 Å². The van der Waals surface area contributed by atoms with Gasteiger partial charge in [-0.3, -0.25) is 4.68 Å². The summed E-state index contributed by atoms with van der Waals surface area (Å²) in [6, 6.07) is 6.06. The van der Waals surface area contributed by atoms with Gasteiger partial charge in [0.2, 0.25) is 0 Å². The van der Waals surface area contributed by atoms with Crippen molar-refractivity contribution in [2.24, 2.45) is 7.05 Å². The Bertz CT molecular complexity index is 610.